The average Bonchev–Trinajstić information content (AvgIpc) is 3.22. The third-order valence-electron chi connectivity index (χ3n) is 6.46. The molecule has 0 bridgehead atoms. The number of likely N-dealkylation sites (N-methyl/N-ethyl adjacent to an activating group) is 1. The van der Waals surface area contributed by atoms with E-state index in [2.05, 4.69) is 4.90 Å². The van der Waals surface area contributed by atoms with Crippen LogP contribution >= 0.6 is 0 Å². The molecule has 1 saturated heterocycles. The molecular formula is C23H28FN3O4S. The van der Waals surface area contributed by atoms with Crippen LogP contribution in [0.3, 0.4) is 0 Å². The normalized spacial score (nSPS) is 19.8. The average molecular weight is 462 g/mol. The van der Waals surface area contributed by atoms with Crippen LogP contribution in [0.2, 0.25) is 0 Å². The van der Waals surface area contributed by atoms with E-state index in [0.29, 0.717) is 17.8 Å². The first-order valence-corrected chi connectivity index (χ1v) is 12.4. The summed E-state index contributed by atoms with van der Waals surface area (Å²) in [7, 11) is -2.16. The molecule has 3 heterocycles. The number of benzene rings is 1. The minimum Gasteiger partial charge on any atom is -0.344 e. The Hall–Kier alpha value is -2.36. The zero-order valence-corrected chi connectivity index (χ0v) is 19.0. The molecule has 1 aromatic carbocycles. The molecule has 172 valence electrons. The number of halogens is 1. The number of fused-ring (bicyclic) bond motifs is 1. The number of sulfonamides is 1. The van der Waals surface area contributed by atoms with Crippen LogP contribution in [-0.2, 0) is 16.6 Å². The van der Waals surface area contributed by atoms with Gasteiger partial charge in [0.05, 0.1) is 6.54 Å². The van der Waals surface area contributed by atoms with E-state index in [1.807, 2.05) is 0 Å². The lowest BCUT2D eigenvalue weighted by molar-refractivity contribution is 0.0838. The fraction of sp³-hybridized carbons (Fsp3) is 0.478. The number of carbonyl (C=O) groups is 2. The van der Waals surface area contributed by atoms with Crippen molar-refractivity contribution in [3.05, 3.63) is 53.6 Å². The summed E-state index contributed by atoms with van der Waals surface area (Å²) in [5, 5.41) is 0. The van der Waals surface area contributed by atoms with Crippen molar-refractivity contribution in [3.63, 3.8) is 0 Å². The van der Waals surface area contributed by atoms with E-state index in [0.717, 1.165) is 49.6 Å². The number of aryl methyl sites for hydroxylation is 1. The number of likely N-dealkylation sites (tertiary alicyclic amines) is 1. The topological polar surface area (TPSA) is 79.7 Å². The lowest BCUT2D eigenvalue weighted by Gasteiger charge is -2.31. The van der Waals surface area contributed by atoms with Crippen LogP contribution in [-0.4, -0.2) is 67.0 Å². The number of hydrogen-bond donors (Lipinski definition) is 0. The third-order valence-corrected chi connectivity index (χ3v) is 8.29. The maximum atomic E-state index is 13.1. The summed E-state index contributed by atoms with van der Waals surface area (Å²) < 4.78 is 40.7. The Morgan fingerprint density at radius 3 is 2.41 bits per heavy atom. The SMILES string of the molecule is CN1CC(=O)c2c(ccn2CCCCN2CCC(C(=O)c3ccc(F)cc3)CC2)S1(=O)=O. The van der Waals surface area contributed by atoms with Gasteiger partial charge in [-0.3, -0.25) is 9.59 Å². The van der Waals surface area contributed by atoms with E-state index < -0.39 is 10.0 Å². The smallest absolute Gasteiger partial charge is 0.245 e. The highest BCUT2D eigenvalue weighted by atomic mass is 32.2. The Kier molecular flexibility index (Phi) is 6.60. The van der Waals surface area contributed by atoms with Gasteiger partial charge in [-0.1, -0.05) is 0 Å². The van der Waals surface area contributed by atoms with Crippen LogP contribution in [0.1, 0.15) is 46.5 Å². The van der Waals surface area contributed by atoms with Gasteiger partial charge < -0.3 is 9.47 Å². The molecule has 1 aromatic heterocycles. The maximum absolute atomic E-state index is 13.1. The van der Waals surface area contributed by atoms with E-state index in [9.17, 15) is 22.4 Å². The second kappa shape index (κ2) is 9.25. The fourth-order valence-electron chi connectivity index (χ4n) is 4.56. The first-order chi connectivity index (χ1) is 15.3. The predicted molar refractivity (Wildman–Crippen MR) is 118 cm³/mol. The molecule has 0 aliphatic carbocycles. The minimum absolute atomic E-state index is 0.0193. The second-order valence-corrected chi connectivity index (χ2v) is 10.6. The van der Waals surface area contributed by atoms with E-state index in [4.69, 9.17) is 0 Å². The lowest BCUT2D eigenvalue weighted by atomic mass is 9.89. The summed E-state index contributed by atoms with van der Waals surface area (Å²) in [5.41, 5.74) is 0.867. The van der Waals surface area contributed by atoms with Crippen LogP contribution < -0.4 is 0 Å². The van der Waals surface area contributed by atoms with Crippen molar-refractivity contribution in [2.45, 2.75) is 37.1 Å². The summed E-state index contributed by atoms with van der Waals surface area (Å²) in [6.07, 6.45) is 5.03. The Morgan fingerprint density at radius 2 is 1.72 bits per heavy atom. The van der Waals surface area contributed by atoms with E-state index in [-0.39, 0.29) is 34.7 Å². The van der Waals surface area contributed by atoms with Crippen molar-refractivity contribution >= 4 is 21.6 Å². The monoisotopic (exact) mass is 461 g/mol. The number of piperidine rings is 1. The number of rotatable bonds is 7. The largest absolute Gasteiger partial charge is 0.344 e. The number of Topliss-reactive ketones (excluding diaryl/α,β-unsaturated/α-hetero) is 2. The van der Waals surface area contributed by atoms with Gasteiger partial charge in [0.25, 0.3) is 0 Å². The molecule has 1 fully saturated rings. The predicted octanol–water partition coefficient (Wildman–Crippen LogP) is 2.82. The van der Waals surface area contributed by atoms with Crippen molar-refractivity contribution < 1.29 is 22.4 Å². The summed E-state index contributed by atoms with van der Waals surface area (Å²) in [6.45, 7) is 3.07. The van der Waals surface area contributed by atoms with Gasteiger partial charge in [0.1, 0.15) is 16.4 Å². The molecule has 2 aromatic rings. The molecule has 2 aliphatic rings. The second-order valence-electron chi connectivity index (χ2n) is 8.60. The van der Waals surface area contributed by atoms with Gasteiger partial charge in [0.15, 0.2) is 11.6 Å². The highest BCUT2D eigenvalue weighted by Crippen LogP contribution is 2.27. The van der Waals surface area contributed by atoms with Gasteiger partial charge >= 0.3 is 0 Å². The van der Waals surface area contributed by atoms with E-state index >= 15 is 0 Å². The molecule has 9 heteroatoms. The minimum atomic E-state index is -3.58. The highest BCUT2D eigenvalue weighted by Gasteiger charge is 2.36. The standard InChI is InChI=1S/C23H28FN3O4S/c1-25-16-20(28)22-21(32(25,30)31)10-15-27(22)12-3-2-11-26-13-8-18(9-14-26)23(29)17-4-6-19(24)7-5-17/h4-7,10,15,18H,2-3,8-9,11-14,16H2,1H3. The van der Waals surface area contributed by atoms with Crippen molar-refractivity contribution in [1.29, 1.82) is 0 Å². The lowest BCUT2D eigenvalue weighted by Crippen LogP contribution is -2.38. The van der Waals surface area contributed by atoms with Gasteiger partial charge in [0.2, 0.25) is 10.0 Å². The van der Waals surface area contributed by atoms with Gasteiger partial charge in [-0.25, -0.2) is 12.8 Å². The third kappa shape index (κ3) is 4.55. The molecule has 0 atom stereocenters. The zero-order valence-electron chi connectivity index (χ0n) is 18.2. The summed E-state index contributed by atoms with van der Waals surface area (Å²) >= 11 is 0. The van der Waals surface area contributed by atoms with Crippen LogP contribution in [0, 0.1) is 11.7 Å². The quantitative estimate of drug-likeness (QED) is 0.468. The summed E-state index contributed by atoms with van der Waals surface area (Å²) in [4.78, 5) is 27.4. The van der Waals surface area contributed by atoms with E-state index in [1.54, 1.807) is 22.9 Å². The molecule has 0 N–H and O–H groups in total. The van der Waals surface area contributed by atoms with Crippen molar-refractivity contribution in [2.75, 3.05) is 33.2 Å². The molecule has 7 nitrogen and oxygen atoms in total. The van der Waals surface area contributed by atoms with Crippen LogP contribution in [0.5, 0.6) is 0 Å². The number of unbranched alkanes of at least 4 members (excludes halogenated alkanes) is 1. The first kappa shape index (κ1) is 22.8. The summed E-state index contributed by atoms with van der Waals surface area (Å²) in [5.74, 6) is -0.438. The highest BCUT2D eigenvalue weighted by molar-refractivity contribution is 7.89. The maximum Gasteiger partial charge on any atom is 0.245 e. The first-order valence-electron chi connectivity index (χ1n) is 11.0. The Labute approximate surface area is 187 Å². The van der Waals surface area contributed by atoms with Crippen LogP contribution in [0.4, 0.5) is 4.39 Å². The Morgan fingerprint density at radius 1 is 1.06 bits per heavy atom. The van der Waals surface area contributed by atoms with Crippen LogP contribution in [0.15, 0.2) is 41.4 Å². The molecular weight excluding hydrogens is 433 g/mol. The number of ketones is 2. The Balaban J connectivity index is 1.24. The van der Waals surface area contributed by atoms with Crippen molar-refractivity contribution in [3.8, 4) is 0 Å². The molecule has 0 spiro atoms. The zero-order chi connectivity index (χ0) is 22.9. The van der Waals surface area contributed by atoms with Crippen molar-refractivity contribution in [2.24, 2.45) is 5.92 Å². The molecule has 2 aliphatic heterocycles. The molecule has 0 radical (unpaired) electrons. The molecule has 0 amide bonds. The summed E-state index contributed by atoms with van der Waals surface area (Å²) in [6, 6.07) is 7.27. The molecule has 0 saturated carbocycles. The fourth-order valence-corrected chi connectivity index (χ4v) is 5.89. The number of carbonyl (C=O) groups excluding carboxylic acids is 2. The van der Waals surface area contributed by atoms with Crippen molar-refractivity contribution in [1.82, 2.24) is 13.8 Å². The number of aromatic nitrogens is 1. The van der Waals surface area contributed by atoms with Crippen LogP contribution in [0.25, 0.3) is 0 Å². The van der Waals surface area contributed by atoms with Gasteiger partial charge in [-0.05, 0) is 75.6 Å². The van der Waals surface area contributed by atoms with Gasteiger partial charge in [0, 0.05) is 31.3 Å². The number of hydrogen-bond acceptors (Lipinski definition) is 5. The van der Waals surface area contributed by atoms with Gasteiger partial charge in [-0.15, -0.1) is 0 Å². The van der Waals surface area contributed by atoms with Gasteiger partial charge in [-0.2, -0.15) is 4.31 Å². The van der Waals surface area contributed by atoms with E-state index in [1.165, 1.54) is 25.2 Å². The Bertz CT molecular complexity index is 1100. The number of nitrogens with zero attached hydrogens (tertiary/aromatic N) is 3. The molecule has 32 heavy (non-hydrogen) atoms. The molecule has 4 rings (SSSR count). The molecule has 0 unspecified atom stereocenters.